The smallest absolute Gasteiger partial charge is 0.123 e. The van der Waals surface area contributed by atoms with Crippen molar-refractivity contribution in [3.05, 3.63) is 40.9 Å². The van der Waals surface area contributed by atoms with Gasteiger partial charge in [0.25, 0.3) is 0 Å². The first-order valence-electron chi connectivity index (χ1n) is 5.57. The average Bonchev–Trinajstić information content (AvgIpc) is 2.76. The average molecular weight is 231 g/mol. The summed E-state index contributed by atoms with van der Waals surface area (Å²) in [6.07, 6.45) is 2.64. The van der Waals surface area contributed by atoms with E-state index in [4.69, 9.17) is 0 Å². The molecule has 0 saturated carbocycles. The summed E-state index contributed by atoms with van der Waals surface area (Å²) in [6, 6.07) is 10.2. The lowest BCUT2D eigenvalue weighted by Gasteiger charge is -2.14. The normalized spacial score (nSPS) is 19.4. The highest BCUT2D eigenvalue weighted by Gasteiger charge is 2.22. The van der Waals surface area contributed by atoms with E-state index in [2.05, 4.69) is 17.1 Å². The summed E-state index contributed by atoms with van der Waals surface area (Å²) < 4.78 is 0. The molecule has 0 amide bonds. The molecule has 1 N–H and O–H groups in total. The highest BCUT2D eigenvalue weighted by Crippen LogP contribution is 2.37. The highest BCUT2D eigenvalue weighted by atomic mass is 32.1. The Morgan fingerprint density at radius 2 is 2.06 bits per heavy atom. The first-order chi connectivity index (χ1) is 7.84. The largest absolute Gasteiger partial charge is 0.388 e. The second-order valence-corrected chi connectivity index (χ2v) is 5.13. The molecule has 16 heavy (non-hydrogen) atoms. The van der Waals surface area contributed by atoms with Crippen LogP contribution in [0.2, 0.25) is 0 Å². The van der Waals surface area contributed by atoms with Gasteiger partial charge in [-0.15, -0.1) is 11.3 Å². The topological polar surface area (TPSA) is 33.1 Å². The predicted molar refractivity (Wildman–Crippen MR) is 65.4 cm³/mol. The molecule has 3 rings (SSSR count). The van der Waals surface area contributed by atoms with Gasteiger partial charge in [-0.05, 0) is 19.3 Å². The summed E-state index contributed by atoms with van der Waals surface area (Å²) in [5, 5.41) is 10.9. The molecule has 2 aromatic rings. The first kappa shape index (κ1) is 10.00. The summed E-state index contributed by atoms with van der Waals surface area (Å²) in [7, 11) is 0. The molecule has 1 heterocycles. The van der Waals surface area contributed by atoms with Gasteiger partial charge in [0, 0.05) is 5.56 Å². The zero-order valence-corrected chi connectivity index (χ0v) is 9.70. The maximum Gasteiger partial charge on any atom is 0.123 e. The van der Waals surface area contributed by atoms with Gasteiger partial charge in [-0.3, -0.25) is 0 Å². The van der Waals surface area contributed by atoms with Crippen LogP contribution in [0.4, 0.5) is 0 Å². The zero-order chi connectivity index (χ0) is 11.0. The molecule has 0 fully saturated rings. The van der Waals surface area contributed by atoms with Crippen LogP contribution in [-0.4, -0.2) is 10.1 Å². The van der Waals surface area contributed by atoms with Crippen LogP contribution >= 0.6 is 11.3 Å². The number of fused-ring (bicyclic) bond motifs is 1. The molecule has 1 aromatic carbocycles. The number of rotatable bonds is 1. The Labute approximate surface area is 98.6 Å². The molecule has 0 saturated heterocycles. The fraction of sp³-hybridized carbons (Fsp3) is 0.308. The fourth-order valence-corrected chi connectivity index (χ4v) is 3.24. The lowest BCUT2D eigenvalue weighted by atomic mass is 10.0. The Morgan fingerprint density at radius 3 is 2.81 bits per heavy atom. The molecular formula is C13H13NOS. The number of hydrogen-bond donors (Lipinski definition) is 1. The number of aromatic nitrogens is 1. The van der Waals surface area contributed by atoms with Gasteiger partial charge in [0.05, 0.1) is 16.7 Å². The van der Waals surface area contributed by atoms with Crippen LogP contribution in [0.15, 0.2) is 30.3 Å². The van der Waals surface area contributed by atoms with E-state index in [0.29, 0.717) is 0 Å². The second kappa shape index (κ2) is 4.00. The van der Waals surface area contributed by atoms with Gasteiger partial charge >= 0.3 is 0 Å². The first-order valence-corrected chi connectivity index (χ1v) is 6.39. The third-order valence-corrected chi connectivity index (χ3v) is 4.19. The summed E-state index contributed by atoms with van der Waals surface area (Å²) in [5.41, 5.74) is 2.25. The molecule has 0 spiro atoms. The van der Waals surface area contributed by atoms with Crippen molar-refractivity contribution in [3.63, 3.8) is 0 Å². The van der Waals surface area contributed by atoms with Gasteiger partial charge in [-0.1, -0.05) is 30.3 Å². The van der Waals surface area contributed by atoms with Crippen molar-refractivity contribution in [2.75, 3.05) is 0 Å². The Morgan fingerprint density at radius 1 is 1.25 bits per heavy atom. The maximum absolute atomic E-state index is 9.89. The van der Waals surface area contributed by atoms with E-state index < -0.39 is 0 Å². The molecule has 1 atom stereocenters. The van der Waals surface area contributed by atoms with Crippen LogP contribution < -0.4 is 0 Å². The van der Waals surface area contributed by atoms with Crippen LogP contribution in [0, 0.1) is 0 Å². The van der Waals surface area contributed by atoms with E-state index in [1.165, 1.54) is 0 Å². The maximum atomic E-state index is 9.89. The van der Waals surface area contributed by atoms with E-state index in [1.54, 1.807) is 11.3 Å². The molecule has 2 nitrogen and oxygen atoms in total. The Kier molecular flexibility index (Phi) is 2.50. The van der Waals surface area contributed by atoms with Gasteiger partial charge in [0.2, 0.25) is 0 Å². The minimum Gasteiger partial charge on any atom is -0.388 e. The van der Waals surface area contributed by atoms with Gasteiger partial charge in [0.15, 0.2) is 0 Å². The zero-order valence-electron chi connectivity index (χ0n) is 8.89. The van der Waals surface area contributed by atoms with Crippen molar-refractivity contribution < 1.29 is 5.11 Å². The van der Waals surface area contributed by atoms with Crippen LogP contribution in [0.1, 0.15) is 29.5 Å². The highest BCUT2D eigenvalue weighted by molar-refractivity contribution is 7.15. The fourth-order valence-electron chi connectivity index (χ4n) is 2.10. The lowest BCUT2D eigenvalue weighted by molar-refractivity contribution is 0.160. The van der Waals surface area contributed by atoms with Crippen molar-refractivity contribution in [3.8, 4) is 10.6 Å². The molecular weight excluding hydrogens is 218 g/mol. The number of aliphatic hydroxyl groups excluding tert-OH is 1. The molecule has 0 aliphatic heterocycles. The SMILES string of the molecule is OC1CCCc2nc(-c3ccccc3)sc21. The van der Waals surface area contributed by atoms with Crippen LogP contribution in [0.3, 0.4) is 0 Å². The number of hydrogen-bond acceptors (Lipinski definition) is 3. The number of benzene rings is 1. The summed E-state index contributed by atoms with van der Waals surface area (Å²) in [5.74, 6) is 0. The summed E-state index contributed by atoms with van der Waals surface area (Å²) in [4.78, 5) is 5.70. The van der Waals surface area contributed by atoms with Gasteiger partial charge in [0.1, 0.15) is 5.01 Å². The molecule has 1 aliphatic carbocycles. The van der Waals surface area contributed by atoms with E-state index in [-0.39, 0.29) is 6.10 Å². The quantitative estimate of drug-likeness (QED) is 0.817. The molecule has 3 heteroatoms. The van der Waals surface area contributed by atoms with E-state index in [1.807, 2.05) is 18.2 Å². The van der Waals surface area contributed by atoms with Crippen LogP contribution in [-0.2, 0) is 6.42 Å². The summed E-state index contributed by atoms with van der Waals surface area (Å²) >= 11 is 1.64. The van der Waals surface area contributed by atoms with E-state index >= 15 is 0 Å². The van der Waals surface area contributed by atoms with Crippen LogP contribution in [0.5, 0.6) is 0 Å². The van der Waals surface area contributed by atoms with Crippen molar-refractivity contribution in [1.82, 2.24) is 4.98 Å². The molecule has 1 unspecified atom stereocenters. The third kappa shape index (κ3) is 1.66. The second-order valence-electron chi connectivity index (χ2n) is 4.10. The standard InChI is InChI=1S/C13H13NOS/c15-11-8-4-7-10-12(11)16-13(14-10)9-5-2-1-3-6-9/h1-3,5-6,11,15H,4,7-8H2. The van der Waals surface area contributed by atoms with Crippen molar-refractivity contribution in [2.24, 2.45) is 0 Å². The lowest BCUT2D eigenvalue weighted by Crippen LogP contribution is -2.06. The molecule has 1 aliphatic rings. The number of thiazole rings is 1. The summed E-state index contributed by atoms with van der Waals surface area (Å²) in [6.45, 7) is 0. The Balaban J connectivity index is 2.05. The monoisotopic (exact) mass is 231 g/mol. The van der Waals surface area contributed by atoms with Gasteiger partial charge in [-0.25, -0.2) is 4.98 Å². The number of aliphatic hydroxyl groups is 1. The van der Waals surface area contributed by atoms with Crippen molar-refractivity contribution in [2.45, 2.75) is 25.4 Å². The minimum absolute atomic E-state index is 0.293. The predicted octanol–water partition coefficient (Wildman–Crippen LogP) is 3.18. The number of aryl methyl sites for hydroxylation is 1. The van der Waals surface area contributed by atoms with Gasteiger partial charge in [-0.2, -0.15) is 0 Å². The Hall–Kier alpha value is -1.19. The third-order valence-electron chi connectivity index (χ3n) is 2.94. The Bertz CT molecular complexity index is 492. The molecule has 0 radical (unpaired) electrons. The van der Waals surface area contributed by atoms with Crippen molar-refractivity contribution in [1.29, 1.82) is 0 Å². The van der Waals surface area contributed by atoms with Crippen molar-refractivity contribution >= 4 is 11.3 Å². The molecule has 0 bridgehead atoms. The molecule has 82 valence electrons. The molecule has 1 aromatic heterocycles. The van der Waals surface area contributed by atoms with E-state index in [0.717, 1.165) is 40.4 Å². The van der Waals surface area contributed by atoms with Crippen LogP contribution in [0.25, 0.3) is 10.6 Å². The number of nitrogens with zero attached hydrogens (tertiary/aromatic N) is 1. The van der Waals surface area contributed by atoms with E-state index in [9.17, 15) is 5.11 Å². The van der Waals surface area contributed by atoms with Gasteiger partial charge < -0.3 is 5.11 Å². The minimum atomic E-state index is -0.293.